The molecule has 38 heavy (non-hydrogen) atoms. The zero-order chi connectivity index (χ0) is 26.5. The lowest BCUT2D eigenvalue weighted by atomic mass is 9.77. The summed E-state index contributed by atoms with van der Waals surface area (Å²) >= 11 is 1.20. The van der Waals surface area contributed by atoms with Crippen molar-refractivity contribution in [3.63, 3.8) is 0 Å². The third-order valence-corrected chi connectivity index (χ3v) is 7.50. The quantitative estimate of drug-likeness (QED) is 0.228. The van der Waals surface area contributed by atoms with E-state index in [-0.39, 0.29) is 30.2 Å². The molecule has 7 nitrogen and oxygen atoms in total. The number of aryl methyl sites for hydroxylation is 2. The second kappa shape index (κ2) is 11.7. The lowest BCUT2D eigenvalue weighted by Crippen LogP contribution is -2.34. The van der Waals surface area contributed by atoms with Crippen LogP contribution in [-0.2, 0) is 14.3 Å². The first kappa shape index (κ1) is 25.9. The van der Waals surface area contributed by atoms with Crippen molar-refractivity contribution in [3.05, 3.63) is 94.8 Å². The predicted octanol–water partition coefficient (Wildman–Crippen LogP) is 5.55. The van der Waals surface area contributed by atoms with E-state index in [1.807, 2.05) is 68.4 Å². The number of hydrogen-bond donors (Lipinski definition) is 0. The number of esters is 1. The van der Waals surface area contributed by atoms with Gasteiger partial charge in [0.15, 0.2) is 11.8 Å². The summed E-state index contributed by atoms with van der Waals surface area (Å²) in [5.74, 6) is -0.700. The van der Waals surface area contributed by atoms with Crippen LogP contribution in [0.5, 0.6) is 0 Å². The molecular weight excluding hydrogens is 496 g/mol. The number of ether oxygens (including phenoxy) is 1. The monoisotopic (exact) mass is 526 g/mol. The Morgan fingerprint density at radius 2 is 1.71 bits per heavy atom. The van der Waals surface area contributed by atoms with Crippen LogP contribution in [-0.4, -0.2) is 44.9 Å². The van der Waals surface area contributed by atoms with E-state index in [0.29, 0.717) is 5.16 Å². The molecule has 1 aromatic heterocycles. The molecule has 1 saturated carbocycles. The van der Waals surface area contributed by atoms with Crippen LogP contribution < -0.4 is 0 Å². The van der Waals surface area contributed by atoms with Crippen molar-refractivity contribution >= 4 is 35.4 Å². The first-order chi connectivity index (χ1) is 18.5. The average molecular weight is 527 g/mol. The Bertz CT molecular complexity index is 1350. The minimum atomic E-state index is -0.490. The molecule has 8 heteroatoms. The van der Waals surface area contributed by atoms with Crippen LogP contribution in [0.2, 0.25) is 0 Å². The summed E-state index contributed by atoms with van der Waals surface area (Å²) in [5.41, 5.74) is 5.93. The van der Waals surface area contributed by atoms with Crippen LogP contribution in [0.25, 0.3) is 6.08 Å². The zero-order valence-corrected chi connectivity index (χ0v) is 22.4. The van der Waals surface area contributed by atoms with Crippen molar-refractivity contribution in [2.75, 3.05) is 12.4 Å². The van der Waals surface area contributed by atoms with Crippen molar-refractivity contribution in [1.82, 2.24) is 15.0 Å². The third kappa shape index (κ3) is 6.02. The topological polar surface area (TPSA) is 84.8 Å². The van der Waals surface area contributed by atoms with Crippen molar-refractivity contribution in [2.45, 2.75) is 44.3 Å². The molecule has 2 aliphatic rings. The first-order valence-corrected chi connectivity index (χ1v) is 13.8. The van der Waals surface area contributed by atoms with Crippen molar-refractivity contribution in [3.8, 4) is 0 Å². The number of aromatic nitrogens is 2. The molecule has 2 unspecified atom stereocenters. The van der Waals surface area contributed by atoms with Crippen molar-refractivity contribution in [1.29, 1.82) is 0 Å². The number of benzene rings is 2. The fourth-order valence-electron chi connectivity index (χ4n) is 5.07. The minimum Gasteiger partial charge on any atom is -0.455 e. The highest BCUT2D eigenvalue weighted by molar-refractivity contribution is 7.99. The second-order valence-corrected chi connectivity index (χ2v) is 10.5. The summed E-state index contributed by atoms with van der Waals surface area (Å²) in [7, 11) is 0. The largest absolute Gasteiger partial charge is 0.455 e. The number of carbonyl (C=O) groups is 2. The van der Waals surface area contributed by atoms with E-state index >= 15 is 0 Å². The Labute approximate surface area is 227 Å². The van der Waals surface area contributed by atoms with Crippen LogP contribution in [0.1, 0.15) is 47.8 Å². The second-order valence-electron chi connectivity index (χ2n) is 9.54. The van der Waals surface area contributed by atoms with Gasteiger partial charge in [0, 0.05) is 17.3 Å². The number of allylic oxidation sites excluding steroid dienone is 1. The molecule has 194 valence electrons. The van der Waals surface area contributed by atoms with Gasteiger partial charge in [0.05, 0.1) is 17.5 Å². The van der Waals surface area contributed by atoms with E-state index in [2.05, 4.69) is 28.2 Å². The van der Waals surface area contributed by atoms with Gasteiger partial charge in [0.2, 0.25) is 0 Å². The minimum absolute atomic E-state index is 0.0272. The summed E-state index contributed by atoms with van der Waals surface area (Å²) in [6, 6.07) is 21.8. The highest BCUT2D eigenvalue weighted by atomic mass is 32.2. The van der Waals surface area contributed by atoms with Crippen LogP contribution >= 0.6 is 11.8 Å². The maximum absolute atomic E-state index is 13.4. The molecule has 2 heterocycles. The molecule has 1 amide bonds. The van der Waals surface area contributed by atoms with Crippen molar-refractivity contribution in [2.24, 2.45) is 11.0 Å². The lowest BCUT2D eigenvalue weighted by molar-refractivity contribution is -0.151. The molecule has 5 rings (SSSR count). The number of carbonyl (C=O) groups excluding carboxylic acids is 2. The molecule has 1 aliphatic heterocycles. The number of nitrogens with zero attached hydrogens (tertiary/aromatic N) is 4. The average Bonchev–Trinajstić information content (AvgIpc) is 3.32. The van der Waals surface area contributed by atoms with Gasteiger partial charge in [0.1, 0.15) is 0 Å². The molecule has 0 saturated heterocycles. The number of hydrogen-bond acceptors (Lipinski definition) is 7. The third-order valence-electron chi connectivity index (χ3n) is 6.68. The zero-order valence-electron chi connectivity index (χ0n) is 21.5. The van der Waals surface area contributed by atoms with Crippen molar-refractivity contribution < 1.29 is 14.3 Å². The normalized spacial score (nSPS) is 19.7. The van der Waals surface area contributed by atoms with Crippen LogP contribution in [0.15, 0.2) is 82.6 Å². The van der Waals surface area contributed by atoms with E-state index < -0.39 is 5.97 Å². The van der Waals surface area contributed by atoms with Gasteiger partial charge < -0.3 is 4.74 Å². The summed E-state index contributed by atoms with van der Waals surface area (Å²) in [6.07, 6.45) is 5.06. The molecular formula is C30H30N4O3S. The summed E-state index contributed by atoms with van der Waals surface area (Å²) < 4.78 is 5.37. The Morgan fingerprint density at radius 1 is 1.03 bits per heavy atom. The summed E-state index contributed by atoms with van der Waals surface area (Å²) in [5, 5.41) is 6.90. The van der Waals surface area contributed by atoms with E-state index in [0.717, 1.165) is 53.1 Å². The van der Waals surface area contributed by atoms with E-state index in [1.54, 1.807) is 0 Å². The standard InChI is InChI=1S/C30H30N4O3S/c1-20-16-21(2)32-30(31-20)38-19-27(36)37-18-26(35)34-29(23-12-7-4-8-13-23)25-15-9-14-24(28(25)33-34)17-22-10-5-3-6-11-22/h3-8,10-13,16-17,25,29H,9,14-15,18-19H2,1-2H3/b24-17+. The lowest BCUT2D eigenvalue weighted by Gasteiger charge is -2.29. The Hall–Kier alpha value is -3.78. The number of thioether (sulfide) groups is 1. The molecule has 0 N–H and O–H groups in total. The van der Waals surface area contributed by atoms with Crippen LogP contribution in [0.3, 0.4) is 0 Å². The molecule has 2 aromatic carbocycles. The summed E-state index contributed by atoms with van der Waals surface area (Å²) in [4.78, 5) is 34.5. The van der Waals surface area contributed by atoms with E-state index in [1.165, 1.54) is 16.8 Å². The maximum atomic E-state index is 13.4. The van der Waals surface area contributed by atoms with Gasteiger partial charge in [-0.2, -0.15) is 5.10 Å². The Kier molecular flexibility index (Phi) is 7.98. The smallest absolute Gasteiger partial charge is 0.316 e. The highest BCUT2D eigenvalue weighted by Gasteiger charge is 2.43. The molecule has 1 aliphatic carbocycles. The molecule has 1 fully saturated rings. The van der Waals surface area contributed by atoms with Gasteiger partial charge in [-0.25, -0.2) is 15.0 Å². The fourth-order valence-corrected chi connectivity index (χ4v) is 5.82. The highest BCUT2D eigenvalue weighted by Crippen LogP contribution is 2.44. The number of fused-ring (bicyclic) bond motifs is 1. The predicted molar refractivity (Wildman–Crippen MR) is 148 cm³/mol. The Morgan fingerprint density at radius 3 is 2.42 bits per heavy atom. The van der Waals surface area contributed by atoms with Gasteiger partial charge in [-0.3, -0.25) is 9.59 Å². The number of amides is 1. The van der Waals surface area contributed by atoms with E-state index in [4.69, 9.17) is 9.84 Å². The Balaban J connectivity index is 1.31. The van der Waals surface area contributed by atoms with Gasteiger partial charge >= 0.3 is 5.97 Å². The van der Waals surface area contributed by atoms with Crippen LogP contribution in [0, 0.1) is 19.8 Å². The van der Waals surface area contributed by atoms with Gasteiger partial charge in [-0.1, -0.05) is 72.4 Å². The molecule has 0 bridgehead atoms. The van der Waals surface area contributed by atoms with Gasteiger partial charge in [0.25, 0.3) is 5.91 Å². The maximum Gasteiger partial charge on any atom is 0.316 e. The van der Waals surface area contributed by atoms with Crippen LogP contribution in [0.4, 0.5) is 0 Å². The van der Waals surface area contributed by atoms with Gasteiger partial charge in [-0.15, -0.1) is 0 Å². The fraction of sp³-hybridized carbons (Fsp3) is 0.300. The molecule has 3 aromatic rings. The molecule has 2 atom stereocenters. The van der Waals surface area contributed by atoms with E-state index in [9.17, 15) is 9.59 Å². The molecule has 0 radical (unpaired) electrons. The van der Waals surface area contributed by atoms with Gasteiger partial charge in [-0.05, 0) is 62.0 Å². The molecule has 0 spiro atoms. The summed E-state index contributed by atoms with van der Waals surface area (Å²) in [6.45, 7) is 3.40. The number of rotatable bonds is 7. The first-order valence-electron chi connectivity index (χ1n) is 12.8. The SMILES string of the molecule is Cc1cc(C)nc(SCC(=O)OCC(=O)N2N=C3/C(=C/c4ccccc4)CCCC3C2c2ccccc2)n1. The number of hydrazone groups is 1.